The monoisotopic (exact) mass is 381 g/mol. The maximum Gasteiger partial charge on any atom is 0.412 e. The lowest BCUT2D eigenvalue weighted by atomic mass is 10.1. The normalized spacial score (nSPS) is 53.6. The van der Waals surface area contributed by atoms with Crippen LogP contribution in [0.3, 0.4) is 0 Å². The number of aliphatic hydroxyl groups is 2. The molecule has 0 radical (unpaired) electrons. The highest BCUT2D eigenvalue weighted by Gasteiger charge is 2.42. The molecule has 1 amide bonds. The van der Waals surface area contributed by atoms with Gasteiger partial charge in [0.05, 0.1) is 28.4 Å². The lowest BCUT2D eigenvalue weighted by molar-refractivity contribution is -0.0355. The lowest BCUT2D eigenvalue weighted by Crippen LogP contribution is -2.36. The van der Waals surface area contributed by atoms with Gasteiger partial charge in [-0.15, -0.1) is 0 Å². The maximum atomic E-state index is 15.4. The molecule has 9 nitrogen and oxygen atoms in total. The van der Waals surface area contributed by atoms with E-state index < -0.39 is 103 Å². The molecule has 25 heavy (non-hydrogen) atoms. The lowest BCUT2D eigenvalue weighted by Gasteiger charge is -2.17. The van der Waals surface area contributed by atoms with Crippen molar-refractivity contribution in [2.75, 3.05) is 11.9 Å². The van der Waals surface area contributed by atoms with Crippen LogP contribution in [0.2, 0.25) is 1.41 Å². The fourth-order valence-corrected chi connectivity index (χ4v) is 1.37. The first kappa shape index (κ1) is 5.24. The zero-order valence-electron chi connectivity index (χ0n) is 33.7. The summed E-state index contributed by atoms with van der Waals surface area (Å²) >= 11 is 0. The van der Waals surface area contributed by atoms with Crippen LogP contribution in [0, 0.1) is 5.82 Å². The van der Waals surface area contributed by atoms with E-state index in [1.165, 1.54) is 0 Å². The van der Waals surface area contributed by atoms with Crippen LogP contribution in [0.15, 0.2) is 11.0 Å². The fraction of sp³-hybridized carbons (Fsp3) is 0.667. The SMILES string of the molecule is [2H]O[C@@]1([2H])[C@@]([2H])(O[2H])[C@]([2H])(n2c([2H])c(F)c(N([2H])C(=O)OC([2H])([2H])C([2H])([2H])C([2H])([2H])C([2H])([2H])C([2H])([2H])[2H])nc2=O)O[C@]1([2H])C([2H])([2H])[2H]. The third-order valence-corrected chi connectivity index (χ3v) is 2.32. The Morgan fingerprint density at radius 1 is 1.72 bits per heavy atom. The van der Waals surface area contributed by atoms with Crippen LogP contribution in [0.25, 0.3) is 0 Å². The minimum Gasteiger partial charge on any atom is -0.449 e. The number of ether oxygens (including phenoxy) is 2. The first-order valence-electron chi connectivity index (χ1n) is 16.7. The number of anilines is 1. The highest BCUT2D eigenvalue weighted by Crippen LogP contribution is 2.28. The molecule has 10 heteroatoms. The number of aromatic nitrogens is 2. The summed E-state index contributed by atoms with van der Waals surface area (Å²) in [4.78, 5) is 28.3. The van der Waals surface area contributed by atoms with E-state index in [2.05, 4.69) is 24.7 Å². The Balaban J connectivity index is 2.68. The molecule has 1 fully saturated rings. The summed E-state index contributed by atoms with van der Waals surface area (Å²) < 4.78 is 192. The van der Waals surface area contributed by atoms with Crippen molar-refractivity contribution in [2.24, 2.45) is 0 Å². The van der Waals surface area contributed by atoms with Crippen LogP contribution in [0.1, 0.15) is 65.1 Å². The Morgan fingerprint density at radius 2 is 2.56 bits per heavy atom. The highest BCUT2D eigenvalue weighted by atomic mass is 19.1. The molecular formula is C15H22FN3O6. The summed E-state index contributed by atoms with van der Waals surface area (Å²) in [5.74, 6) is -4.32. The molecule has 140 valence electrons. The molecule has 1 aromatic heterocycles. The van der Waals surface area contributed by atoms with E-state index >= 15 is 4.39 Å². The Bertz CT molecular complexity index is 1470. The second-order valence-electron chi connectivity index (χ2n) is 3.83. The van der Waals surface area contributed by atoms with E-state index in [0.29, 0.717) is 0 Å². The highest BCUT2D eigenvalue weighted by molar-refractivity contribution is 5.83. The number of hydrogen-bond donors (Lipinski definition) is 3. The van der Waals surface area contributed by atoms with Crippen molar-refractivity contribution in [3.05, 3.63) is 22.5 Å². The zero-order valence-corrected chi connectivity index (χ0v) is 11.7. The second-order valence-corrected chi connectivity index (χ2v) is 3.83. The molecule has 0 spiro atoms. The molecule has 1 saturated heterocycles. The largest absolute Gasteiger partial charge is 0.449 e. The molecule has 2 heterocycles. The first-order valence-corrected chi connectivity index (χ1v) is 5.89. The van der Waals surface area contributed by atoms with E-state index in [-0.39, 0.29) is 0 Å². The van der Waals surface area contributed by atoms with Gasteiger partial charge < -0.3 is 19.7 Å². The van der Waals surface area contributed by atoms with Crippen molar-refractivity contribution < 1.29 is 56.3 Å². The summed E-state index contributed by atoms with van der Waals surface area (Å²) in [6.45, 7) is -12.3. The molecule has 0 saturated carbocycles. The molecule has 4 atom stereocenters. The number of hydrogen-bond acceptors (Lipinski definition) is 7. The summed E-state index contributed by atoms with van der Waals surface area (Å²) in [5.41, 5.74) is -2.26. The van der Waals surface area contributed by atoms with Gasteiger partial charge in [0.2, 0.25) is 2.86 Å². The minimum atomic E-state index is -4.40. The molecule has 2 rings (SSSR count). The number of carbonyl (C=O) groups is 1. The molecule has 0 unspecified atom stereocenters. The number of nitrogens with one attached hydrogen (secondary N) is 1. The van der Waals surface area contributed by atoms with Crippen molar-refractivity contribution in [2.45, 2.75) is 57.3 Å². The molecule has 1 aliphatic rings. The number of amides is 1. The third-order valence-electron chi connectivity index (χ3n) is 2.32. The van der Waals surface area contributed by atoms with Gasteiger partial charge in [-0.3, -0.25) is 9.88 Å². The van der Waals surface area contributed by atoms with E-state index in [1.807, 2.05) is 0 Å². The average molecular weight is 381 g/mol. The fourth-order valence-electron chi connectivity index (χ4n) is 1.37. The van der Waals surface area contributed by atoms with E-state index in [4.69, 9.17) is 30.3 Å². The van der Waals surface area contributed by atoms with Gasteiger partial charge >= 0.3 is 11.8 Å². The Kier molecular flexibility index (Phi) is 1.75. The Hall–Kier alpha value is -2.04. The molecule has 0 bridgehead atoms. The van der Waals surface area contributed by atoms with E-state index in [0.717, 1.165) is 0 Å². The average Bonchev–Trinajstić information content (AvgIpc) is 3.05. The standard InChI is InChI=1S/C15H22FN3O6/c1-3-4-5-6-24-15(23)18-12-9(16)7-19(14(22)17-12)13-11(21)10(20)8(2)25-13/h7-8,10-11,13,20-21H,3-6H2,1-2H3,(H,17,18,22,23)/t8-,10-,11-,13-/m1/s1/i1D3,2D3,3D2,4D2,5D2,6D2,7D,8D,10D,11D,13D,20D,21D/hD. The van der Waals surface area contributed by atoms with Gasteiger partial charge in [0.1, 0.15) is 12.2 Å². The van der Waals surface area contributed by atoms with Gasteiger partial charge in [-0.1, -0.05) is 19.6 Å². The van der Waals surface area contributed by atoms with Crippen molar-refractivity contribution in [1.29, 1.82) is 2.86 Å². The summed E-state index contributed by atoms with van der Waals surface area (Å²) in [6.07, 6.45) is -34.0. The predicted octanol–water partition coefficient (Wildman–Crippen LogP) is 0.760. The minimum absolute atomic E-state index is 0.736. The first-order chi connectivity index (χ1) is 20.6. The van der Waals surface area contributed by atoms with Gasteiger partial charge in [-0.05, 0) is 13.2 Å². The van der Waals surface area contributed by atoms with Crippen LogP contribution in [0.5, 0.6) is 0 Å². The number of carbonyl (C=O) groups excluding carboxylic acids is 1. The van der Waals surface area contributed by atoms with Crippen molar-refractivity contribution >= 4 is 11.9 Å². The van der Waals surface area contributed by atoms with Crippen LogP contribution < -0.4 is 11.0 Å². The molecule has 3 N–H and O–H groups in total. The second kappa shape index (κ2) is 8.37. The maximum absolute atomic E-state index is 15.4. The van der Waals surface area contributed by atoms with Gasteiger partial charge in [0.25, 0.3) is 0 Å². The van der Waals surface area contributed by atoms with Gasteiger partial charge in [0, 0.05) is 16.4 Å². The zero-order chi connectivity index (χ0) is 37.6. The number of halogens is 1. The molecule has 0 aliphatic carbocycles. The molecule has 0 aromatic carbocycles. The Morgan fingerprint density at radius 3 is 3.28 bits per heavy atom. The molecule has 1 aliphatic heterocycles. The molecular weight excluding hydrogens is 337 g/mol. The van der Waals surface area contributed by atoms with E-state index in [1.54, 1.807) is 0 Å². The molecule has 1 aromatic rings. The third kappa shape index (κ3) is 4.53. The van der Waals surface area contributed by atoms with Crippen molar-refractivity contribution in [3.63, 3.8) is 0 Å². The van der Waals surface area contributed by atoms with Crippen LogP contribution >= 0.6 is 0 Å². The Labute approximate surface area is 174 Å². The summed E-state index contributed by atoms with van der Waals surface area (Å²) in [5, 5.41) is 6.78. The van der Waals surface area contributed by atoms with Crippen molar-refractivity contribution in [3.8, 4) is 0 Å². The van der Waals surface area contributed by atoms with Gasteiger partial charge in [-0.25, -0.2) is 14.0 Å². The summed E-state index contributed by atoms with van der Waals surface area (Å²) in [6, 6.07) is 0. The van der Waals surface area contributed by atoms with Crippen LogP contribution in [-0.2, 0) is 9.47 Å². The topological polar surface area (TPSA) is 123 Å². The summed E-state index contributed by atoms with van der Waals surface area (Å²) in [7, 11) is 0. The van der Waals surface area contributed by atoms with Gasteiger partial charge in [-0.2, -0.15) is 4.98 Å². The quantitative estimate of drug-likeness (QED) is 0.607. The van der Waals surface area contributed by atoms with Crippen molar-refractivity contribution in [1.82, 2.24) is 9.55 Å². The smallest absolute Gasteiger partial charge is 0.412 e. The van der Waals surface area contributed by atoms with Gasteiger partial charge in [0.15, 0.2) is 19.3 Å². The van der Waals surface area contributed by atoms with Crippen LogP contribution in [0.4, 0.5) is 15.0 Å². The number of rotatable bonds is 8. The number of nitrogens with zero attached hydrogens (tertiary/aromatic N) is 2. The van der Waals surface area contributed by atoms with E-state index in [9.17, 15) is 9.59 Å². The predicted molar refractivity (Wildman–Crippen MR) is 84.5 cm³/mol. The van der Waals surface area contributed by atoms with Crippen LogP contribution in [-0.4, -0.2) is 53.5 Å².